The third-order valence-electron chi connectivity index (χ3n) is 4.28. The molecule has 7 heteroatoms. The van der Waals surface area contributed by atoms with E-state index in [1.807, 2.05) is 0 Å². The van der Waals surface area contributed by atoms with Crippen molar-refractivity contribution in [3.8, 4) is 11.1 Å². The molecule has 1 heterocycles. The van der Waals surface area contributed by atoms with Gasteiger partial charge < -0.3 is 5.32 Å². The second-order valence-electron chi connectivity index (χ2n) is 5.93. The van der Waals surface area contributed by atoms with Crippen LogP contribution >= 0.6 is 23.2 Å². The molecule has 2 aromatic rings. The minimum atomic E-state index is -0.408. The van der Waals surface area contributed by atoms with Crippen LogP contribution in [0.3, 0.4) is 0 Å². The Balaban J connectivity index is 2.06. The Hall–Kier alpha value is -1.85. The molecule has 3 rings (SSSR count). The van der Waals surface area contributed by atoms with Gasteiger partial charge in [-0.15, -0.1) is 0 Å². The number of nitrogens with one attached hydrogen (secondary N) is 1. The van der Waals surface area contributed by atoms with Crippen LogP contribution in [-0.2, 0) is 0 Å². The molecule has 1 atom stereocenters. The molecule has 0 amide bonds. The minimum Gasteiger partial charge on any atom is -0.361 e. The molecular formula is C17H17Cl2N3O2. The number of benzene rings is 1. The van der Waals surface area contributed by atoms with Gasteiger partial charge in [0.05, 0.1) is 15.5 Å². The zero-order valence-electron chi connectivity index (χ0n) is 13.1. The Labute approximate surface area is 150 Å². The number of pyridine rings is 1. The first-order valence-corrected chi connectivity index (χ1v) is 8.62. The summed E-state index contributed by atoms with van der Waals surface area (Å²) in [4.78, 5) is 15.5. The van der Waals surface area contributed by atoms with Gasteiger partial charge in [-0.3, -0.25) is 10.1 Å². The third kappa shape index (κ3) is 3.47. The third-order valence-corrected chi connectivity index (χ3v) is 4.83. The number of aromatic nitrogens is 1. The summed E-state index contributed by atoms with van der Waals surface area (Å²) in [5, 5.41) is 15.8. The average molecular weight is 366 g/mol. The van der Waals surface area contributed by atoms with Gasteiger partial charge in [0, 0.05) is 22.8 Å². The summed E-state index contributed by atoms with van der Waals surface area (Å²) in [7, 11) is 0. The van der Waals surface area contributed by atoms with Crippen LogP contribution in [0.1, 0.15) is 26.2 Å². The molecule has 126 valence electrons. The van der Waals surface area contributed by atoms with Gasteiger partial charge in [-0.2, -0.15) is 0 Å². The summed E-state index contributed by atoms with van der Waals surface area (Å²) in [5.41, 5.74) is 0.948. The number of halogens is 2. The van der Waals surface area contributed by atoms with E-state index < -0.39 is 4.92 Å². The number of rotatable bonds is 6. The lowest BCUT2D eigenvalue weighted by Crippen LogP contribution is -2.22. The van der Waals surface area contributed by atoms with Crippen LogP contribution in [0.2, 0.25) is 10.0 Å². The monoisotopic (exact) mass is 365 g/mol. The lowest BCUT2D eigenvalue weighted by atomic mass is 10.0. The lowest BCUT2D eigenvalue weighted by Gasteiger charge is -2.17. The van der Waals surface area contributed by atoms with Gasteiger partial charge >= 0.3 is 5.69 Å². The highest BCUT2D eigenvalue weighted by atomic mass is 35.5. The molecule has 0 saturated heterocycles. The van der Waals surface area contributed by atoms with Crippen molar-refractivity contribution in [2.75, 3.05) is 5.32 Å². The summed E-state index contributed by atoms with van der Waals surface area (Å²) in [6, 6.07) is 6.74. The van der Waals surface area contributed by atoms with Crippen molar-refractivity contribution in [3.63, 3.8) is 0 Å². The molecule has 24 heavy (non-hydrogen) atoms. The van der Waals surface area contributed by atoms with Crippen LogP contribution in [0.4, 0.5) is 11.5 Å². The van der Waals surface area contributed by atoms with Crippen LogP contribution in [0.5, 0.6) is 0 Å². The van der Waals surface area contributed by atoms with E-state index in [2.05, 4.69) is 17.2 Å². The second kappa shape index (κ2) is 6.95. The predicted octanol–water partition coefficient (Wildman–Crippen LogP) is 5.56. The van der Waals surface area contributed by atoms with Gasteiger partial charge in [0.25, 0.3) is 0 Å². The van der Waals surface area contributed by atoms with E-state index in [1.54, 1.807) is 30.5 Å². The highest BCUT2D eigenvalue weighted by molar-refractivity contribution is 6.36. The Kier molecular flexibility index (Phi) is 4.92. The molecule has 5 nitrogen and oxygen atoms in total. The Morgan fingerprint density at radius 2 is 2.08 bits per heavy atom. The fraction of sp³-hybridized carbons (Fsp3) is 0.353. The van der Waals surface area contributed by atoms with Crippen LogP contribution in [0.15, 0.2) is 30.5 Å². The van der Waals surface area contributed by atoms with E-state index in [4.69, 9.17) is 23.2 Å². The molecule has 1 aliphatic carbocycles. The van der Waals surface area contributed by atoms with Crippen molar-refractivity contribution in [3.05, 3.63) is 50.6 Å². The van der Waals surface area contributed by atoms with E-state index in [-0.39, 0.29) is 11.7 Å². The molecule has 0 spiro atoms. The normalized spacial score (nSPS) is 15.1. The molecule has 0 aliphatic heterocycles. The number of nitro groups is 1. The van der Waals surface area contributed by atoms with Crippen LogP contribution < -0.4 is 5.32 Å². The van der Waals surface area contributed by atoms with Crippen molar-refractivity contribution in [2.24, 2.45) is 5.92 Å². The first kappa shape index (κ1) is 17.0. The van der Waals surface area contributed by atoms with Crippen molar-refractivity contribution in [2.45, 2.75) is 32.2 Å². The van der Waals surface area contributed by atoms with Crippen molar-refractivity contribution in [1.82, 2.24) is 4.98 Å². The van der Waals surface area contributed by atoms with E-state index in [9.17, 15) is 10.1 Å². The minimum absolute atomic E-state index is 0.0548. The second-order valence-corrected chi connectivity index (χ2v) is 6.78. The molecule has 1 aromatic heterocycles. The molecule has 1 saturated carbocycles. The zero-order valence-corrected chi connectivity index (χ0v) is 14.6. The molecule has 1 aliphatic rings. The molecule has 1 unspecified atom stereocenters. The smallest absolute Gasteiger partial charge is 0.319 e. The van der Waals surface area contributed by atoms with E-state index in [0.717, 1.165) is 19.3 Å². The largest absolute Gasteiger partial charge is 0.361 e. The summed E-state index contributed by atoms with van der Waals surface area (Å²) in [6.45, 7) is 2.07. The molecule has 0 radical (unpaired) electrons. The van der Waals surface area contributed by atoms with Crippen molar-refractivity contribution in [1.29, 1.82) is 0 Å². The lowest BCUT2D eigenvalue weighted by molar-refractivity contribution is -0.383. The van der Waals surface area contributed by atoms with Gasteiger partial charge in [-0.1, -0.05) is 36.2 Å². The fourth-order valence-electron chi connectivity index (χ4n) is 2.90. The Bertz CT molecular complexity index is 778. The van der Waals surface area contributed by atoms with Gasteiger partial charge in [-0.25, -0.2) is 4.98 Å². The van der Waals surface area contributed by atoms with Gasteiger partial charge in [0.2, 0.25) is 5.82 Å². The zero-order chi connectivity index (χ0) is 17.3. The highest BCUT2D eigenvalue weighted by Crippen LogP contribution is 2.41. The van der Waals surface area contributed by atoms with Gasteiger partial charge in [0.15, 0.2) is 0 Å². The Morgan fingerprint density at radius 3 is 2.67 bits per heavy atom. The summed E-state index contributed by atoms with van der Waals surface area (Å²) < 4.78 is 0. The maximum absolute atomic E-state index is 11.7. The van der Waals surface area contributed by atoms with Crippen LogP contribution in [0.25, 0.3) is 11.1 Å². The van der Waals surface area contributed by atoms with Crippen LogP contribution in [0, 0.1) is 16.0 Å². The predicted molar refractivity (Wildman–Crippen MR) is 96.8 cm³/mol. The molecule has 1 fully saturated rings. The van der Waals surface area contributed by atoms with E-state index >= 15 is 0 Å². The van der Waals surface area contributed by atoms with Gasteiger partial charge in [0.1, 0.15) is 0 Å². The van der Waals surface area contributed by atoms with E-state index in [0.29, 0.717) is 32.9 Å². The SMILES string of the molecule is CCC(Nc1nccc(-c2ccc(Cl)cc2Cl)c1[N+](=O)[O-])C1CC1. The van der Waals surface area contributed by atoms with E-state index in [1.165, 1.54) is 0 Å². The highest BCUT2D eigenvalue weighted by Gasteiger charge is 2.32. The Morgan fingerprint density at radius 1 is 1.33 bits per heavy atom. The quantitative estimate of drug-likeness (QED) is 0.536. The maximum Gasteiger partial charge on any atom is 0.319 e. The molecule has 1 N–H and O–H groups in total. The maximum atomic E-state index is 11.7. The van der Waals surface area contributed by atoms with Gasteiger partial charge in [-0.05, 0) is 43.4 Å². The summed E-state index contributed by atoms with van der Waals surface area (Å²) >= 11 is 12.2. The van der Waals surface area contributed by atoms with Crippen molar-refractivity contribution < 1.29 is 4.92 Å². The number of anilines is 1. The van der Waals surface area contributed by atoms with Crippen molar-refractivity contribution >= 4 is 34.7 Å². The first-order valence-electron chi connectivity index (χ1n) is 7.86. The van der Waals surface area contributed by atoms with Crippen LogP contribution in [-0.4, -0.2) is 15.9 Å². The molecular weight excluding hydrogens is 349 g/mol. The summed E-state index contributed by atoms with van der Waals surface area (Å²) in [5.74, 6) is 0.862. The number of nitrogens with zero attached hydrogens (tertiary/aromatic N) is 2. The summed E-state index contributed by atoms with van der Waals surface area (Å²) in [6.07, 6.45) is 4.77. The molecule has 1 aromatic carbocycles. The topological polar surface area (TPSA) is 68.1 Å². The number of hydrogen-bond donors (Lipinski definition) is 1. The number of hydrogen-bond acceptors (Lipinski definition) is 4. The standard InChI is InChI=1S/C17H17Cl2N3O2/c1-2-15(10-3-4-10)21-17-16(22(23)24)13(7-8-20-17)12-6-5-11(18)9-14(12)19/h5-10,15H,2-4H2,1H3,(H,20,21). The average Bonchev–Trinajstić information content (AvgIpc) is 3.37. The molecule has 0 bridgehead atoms. The first-order chi connectivity index (χ1) is 11.5. The fourth-order valence-corrected chi connectivity index (χ4v) is 3.41.